The van der Waals surface area contributed by atoms with Crippen molar-refractivity contribution in [1.29, 1.82) is 0 Å². The minimum atomic E-state index is -0.718. The smallest absolute Gasteiger partial charge is 0.135 e. The van der Waals surface area contributed by atoms with Crippen LogP contribution < -0.4 is 10.2 Å². The second-order valence-electron chi connectivity index (χ2n) is 11.9. The third kappa shape index (κ3) is 12.6. The van der Waals surface area contributed by atoms with Gasteiger partial charge < -0.3 is 10.4 Å². The number of anilines is 3. The van der Waals surface area contributed by atoms with E-state index in [-0.39, 0.29) is 0 Å². The van der Waals surface area contributed by atoms with E-state index in [0.29, 0.717) is 11.8 Å². The molecule has 1 aromatic carbocycles. The minimum Gasteiger partial charge on any atom is -0.384 e. The number of benzene rings is 1. The number of nitrogens with zero attached hydrogens (tertiary/aromatic N) is 3. The first-order chi connectivity index (χ1) is 19.7. The molecule has 0 radical (unpaired) electrons. The van der Waals surface area contributed by atoms with Crippen molar-refractivity contribution >= 4 is 22.9 Å². The lowest BCUT2D eigenvalue weighted by Gasteiger charge is -2.31. The maximum Gasteiger partial charge on any atom is 0.135 e. The van der Waals surface area contributed by atoms with Crippen molar-refractivity contribution in [2.24, 2.45) is 22.7 Å². The molecule has 1 aliphatic carbocycles. The first kappa shape index (κ1) is 36.6. The Kier molecular flexibility index (Phi) is 18.3. The molecule has 1 unspecified atom stereocenters. The molecule has 0 spiro atoms. The fourth-order valence-corrected chi connectivity index (χ4v) is 5.53. The Morgan fingerprint density at radius 3 is 2.10 bits per heavy atom. The number of aliphatic hydroxyl groups is 1. The van der Waals surface area contributed by atoms with Crippen molar-refractivity contribution in [1.82, 2.24) is 4.98 Å². The fourth-order valence-electron chi connectivity index (χ4n) is 5.53. The maximum atomic E-state index is 10.9. The molecule has 0 bridgehead atoms. The third-order valence-electron chi connectivity index (χ3n) is 7.28. The standard InChI is InChI=1S/C30H46N4O.C4H10.C2H6/c1-6-11-24(12-7-2)20-32-26-16-18-29(33-21-26)34(23(4)35)28-19-22(3)15-17-27(28)30(31-5)25-13-9-8-10-14-25;1-4(2)3;1-2/h15-19,21,23-25,32,35H,6-14,20H2,1-5H3;4H,1-3H3;1-2H3. The van der Waals surface area contributed by atoms with Crippen molar-refractivity contribution < 1.29 is 5.11 Å². The number of aliphatic hydroxyl groups excluding tert-OH is 1. The van der Waals surface area contributed by atoms with Gasteiger partial charge in [-0.25, -0.2) is 4.98 Å². The van der Waals surface area contributed by atoms with Gasteiger partial charge in [-0.3, -0.25) is 9.89 Å². The second-order valence-corrected chi connectivity index (χ2v) is 11.9. The Bertz CT molecular complexity index is 969. The number of nitrogens with one attached hydrogen (secondary N) is 1. The van der Waals surface area contributed by atoms with E-state index in [0.717, 1.165) is 46.5 Å². The molecule has 5 heteroatoms. The average Bonchev–Trinajstić information content (AvgIpc) is 2.95. The fraction of sp³-hybridized carbons (Fsp3) is 0.667. The predicted molar refractivity (Wildman–Crippen MR) is 182 cm³/mol. The Labute approximate surface area is 253 Å². The average molecular weight is 567 g/mol. The Morgan fingerprint density at radius 2 is 1.61 bits per heavy atom. The Morgan fingerprint density at radius 1 is 1.00 bits per heavy atom. The zero-order valence-electron chi connectivity index (χ0n) is 28.1. The summed E-state index contributed by atoms with van der Waals surface area (Å²) in [5.41, 5.74) is 5.42. The Balaban J connectivity index is 0.00000129. The highest BCUT2D eigenvalue weighted by atomic mass is 16.3. The molecular formula is C36H62N4O. The lowest BCUT2D eigenvalue weighted by atomic mass is 9.82. The van der Waals surface area contributed by atoms with Crippen LogP contribution in [0, 0.1) is 24.7 Å². The van der Waals surface area contributed by atoms with Crippen molar-refractivity contribution in [3.63, 3.8) is 0 Å². The molecule has 0 aliphatic heterocycles. The van der Waals surface area contributed by atoms with Crippen LogP contribution >= 0.6 is 0 Å². The highest BCUT2D eigenvalue weighted by Gasteiger charge is 2.26. The molecule has 1 aliphatic rings. The zero-order chi connectivity index (χ0) is 30.8. The highest BCUT2D eigenvalue weighted by Crippen LogP contribution is 2.35. The summed E-state index contributed by atoms with van der Waals surface area (Å²) in [6.45, 7) is 19.9. The lowest BCUT2D eigenvalue weighted by molar-refractivity contribution is 0.200. The molecular weight excluding hydrogens is 504 g/mol. The van der Waals surface area contributed by atoms with E-state index in [2.05, 4.69) is 71.1 Å². The van der Waals surface area contributed by atoms with E-state index in [1.165, 1.54) is 57.8 Å². The predicted octanol–water partition coefficient (Wildman–Crippen LogP) is 10.2. The van der Waals surface area contributed by atoms with Crippen LogP contribution in [0.25, 0.3) is 0 Å². The molecule has 0 saturated heterocycles. The van der Waals surface area contributed by atoms with Gasteiger partial charge in [0.25, 0.3) is 0 Å². The topological polar surface area (TPSA) is 60.8 Å². The van der Waals surface area contributed by atoms with Gasteiger partial charge in [-0.05, 0) is 75.1 Å². The number of rotatable bonds is 12. The van der Waals surface area contributed by atoms with E-state index in [4.69, 9.17) is 9.98 Å². The number of aromatic nitrogens is 1. The Hall–Kier alpha value is -2.40. The molecule has 1 fully saturated rings. The molecule has 1 aromatic heterocycles. The number of aliphatic imine (C=N–C) groups is 1. The summed E-state index contributed by atoms with van der Waals surface area (Å²) in [4.78, 5) is 11.5. The molecule has 0 amide bonds. The summed E-state index contributed by atoms with van der Waals surface area (Å²) in [7, 11) is 1.91. The first-order valence-corrected chi connectivity index (χ1v) is 16.5. The molecule has 1 atom stereocenters. The molecule has 232 valence electrons. The van der Waals surface area contributed by atoms with Gasteiger partial charge in [-0.1, -0.05) is 92.7 Å². The van der Waals surface area contributed by atoms with Gasteiger partial charge in [0.05, 0.1) is 17.6 Å². The van der Waals surface area contributed by atoms with Gasteiger partial charge in [-0.2, -0.15) is 0 Å². The summed E-state index contributed by atoms with van der Waals surface area (Å²) in [5.74, 6) is 2.75. The van der Waals surface area contributed by atoms with E-state index in [1.54, 1.807) is 0 Å². The van der Waals surface area contributed by atoms with Crippen molar-refractivity contribution in [2.75, 3.05) is 23.8 Å². The van der Waals surface area contributed by atoms with Crippen LogP contribution in [0.15, 0.2) is 41.5 Å². The quantitative estimate of drug-likeness (QED) is 0.198. The van der Waals surface area contributed by atoms with Gasteiger partial charge in [0.15, 0.2) is 0 Å². The molecule has 3 rings (SSSR count). The zero-order valence-corrected chi connectivity index (χ0v) is 28.1. The molecule has 2 N–H and O–H groups in total. The van der Waals surface area contributed by atoms with Gasteiger partial charge in [-0.15, -0.1) is 0 Å². The van der Waals surface area contributed by atoms with Crippen LogP contribution in [0.5, 0.6) is 0 Å². The second kappa shape index (κ2) is 20.5. The summed E-state index contributed by atoms with van der Waals surface area (Å²) in [6.07, 6.45) is 12.3. The molecule has 2 aromatic rings. The van der Waals surface area contributed by atoms with Crippen molar-refractivity contribution in [3.05, 3.63) is 47.7 Å². The summed E-state index contributed by atoms with van der Waals surface area (Å²) in [5, 5.41) is 14.5. The van der Waals surface area contributed by atoms with Crippen LogP contribution in [0.2, 0.25) is 0 Å². The van der Waals surface area contributed by atoms with Gasteiger partial charge >= 0.3 is 0 Å². The van der Waals surface area contributed by atoms with Crippen LogP contribution in [0.1, 0.15) is 124 Å². The maximum absolute atomic E-state index is 10.9. The number of hydrogen-bond acceptors (Lipinski definition) is 5. The highest BCUT2D eigenvalue weighted by molar-refractivity contribution is 6.07. The van der Waals surface area contributed by atoms with Crippen LogP contribution in [0.4, 0.5) is 17.2 Å². The van der Waals surface area contributed by atoms with Crippen LogP contribution in [0.3, 0.4) is 0 Å². The summed E-state index contributed by atoms with van der Waals surface area (Å²) < 4.78 is 0. The van der Waals surface area contributed by atoms with E-state index in [1.807, 2.05) is 45.0 Å². The first-order valence-electron chi connectivity index (χ1n) is 16.5. The molecule has 41 heavy (non-hydrogen) atoms. The van der Waals surface area contributed by atoms with E-state index >= 15 is 0 Å². The molecule has 1 saturated carbocycles. The van der Waals surface area contributed by atoms with Gasteiger partial charge in [0.2, 0.25) is 0 Å². The number of aryl methyl sites for hydroxylation is 1. The van der Waals surface area contributed by atoms with Crippen LogP contribution in [-0.2, 0) is 0 Å². The van der Waals surface area contributed by atoms with Gasteiger partial charge in [0, 0.05) is 30.8 Å². The monoisotopic (exact) mass is 566 g/mol. The summed E-state index contributed by atoms with van der Waals surface area (Å²) in [6, 6.07) is 10.6. The summed E-state index contributed by atoms with van der Waals surface area (Å²) >= 11 is 0. The van der Waals surface area contributed by atoms with E-state index < -0.39 is 6.23 Å². The van der Waals surface area contributed by atoms with E-state index in [9.17, 15) is 5.11 Å². The lowest BCUT2D eigenvalue weighted by Crippen LogP contribution is -2.31. The molecule has 1 heterocycles. The third-order valence-corrected chi connectivity index (χ3v) is 7.28. The largest absolute Gasteiger partial charge is 0.384 e. The SMILES string of the molecule is CC.CC(C)C.CCCC(CCC)CNc1ccc(N(c2cc(C)ccc2C(=NC)C2CCCCC2)C(C)O)nc1. The minimum absolute atomic E-state index is 0.477. The number of pyridine rings is 1. The molecule has 5 nitrogen and oxygen atoms in total. The normalized spacial score (nSPS) is 14.6. The van der Waals surface area contributed by atoms with Crippen LogP contribution in [-0.4, -0.2) is 35.6 Å². The van der Waals surface area contributed by atoms with Crippen molar-refractivity contribution in [2.45, 2.75) is 126 Å². The van der Waals surface area contributed by atoms with Gasteiger partial charge in [0.1, 0.15) is 12.0 Å². The van der Waals surface area contributed by atoms with Crippen molar-refractivity contribution in [3.8, 4) is 0 Å². The number of hydrogen-bond donors (Lipinski definition) is 2.